The van der Waals surface area contributed by atoms with Gasteiger partial charge in [0, 0.05) is 38.2 Å². The fourth-order valence-electron chi connectivity index (χ4n) is 2.24. The number of nitrogens with two attached hydrogens (primary N) is 1. The smallest absolute Gasteiger partial charge is 0.103 e. The first-order valence-electron chi connectivity index (χ1n) is 5.99. The summed E-state index contributed by atoms with van der Waals surface area (Å²) in [6, 6.07) is 7.92. The molecule has 0 spiro atoms. The molecule has 1 aromatic carbocycles. The van der Waals surface area contributed by atoms with E-state index in [1.807, 2.05) is 31.2 Å². The molecule has 0 unspecified atom stereocenters. The van der Waals surface area contributed by atoms with Gasteiger partial charge >= 0.3 is 0 Å². The molecule has 1 saturated heterocycles. The maximum Gasteiger partial charge on any atom is 0.103 e. The van der Waals surface area contributed by atoms with Crippen LogP contribution in [0, 0.1) is 0 Å². The summed E-state index contributed by atoms with van der Waals surface area (Å²) < 4.78 is 11.2. The van der Waals surface area contributed by atoms with Crippen molar-refractivity contribution in [2.75, 3.05) is 37.4 Å². The van der Waals surface area contributed by atoms with E-state index >= 15 is 0 Å². The van der Waals surface area contributed by atoms with Crippen molar-refractivity contribution in [2.45, 2.75) is 19.1 Å². The molecule has 0 amide bonds. The van der Waals surface area contributed by atoms with Crippen molar-refractivity contribution in [3.63, 3.8) is 0 Å². The number of methoxy groups -OCH3 is 1. The van der Waals surface area contributed by atoms with E-state index < -0.39 is 0 Å². The van der Waals surface area contributed by atoms with Crippen LogP contribution in [-0.2, 0) is 9.47 Å². The largest absolute Gasteiger partial charge is 0.399 e. The Balaban J connectivity index is 2.06. The minimum atomic E-state index is 0.146. The lowest BCUT2D eigenvalue weighted by molar-refractivity contribution is -0.0232. The van der Waals surface area contributed by atoms with Gasteiger partial charge in [-0.25, -0.2) is 0 Å². The van der Waals surface area contributed by atoms with Crippen LogP contribution in [-0.4, -0.2) is 39.0 Å². The van der Waals surface area contributed by atoms with Crippen LogP contribution in [0.25, 0.3) is 0 Å². The number of ether oxygens (including phenoxy) is 2. The zero-order valence-corrected chi connectivity index (χ0v) is 10.4. The summed E-state index contributed by atoms with van der Waals surface area (Å²) >= 11 is 0. The molecule has 94 valence electrons. The van der Waals surface area contributed by atoms with Gasteiger partial charge in [0.2, 0.25) is 0 Å². The zero-order chi connectivity index (χ0) is 12.3. The molecule has 1 aliphatic rings. The Morgan fingerprint density at radius 3 is 2.47 bits per heavy atom. The third-order valence-corrected chi connectivity index (χ3v) is 3.16. The number of benzene rings is 1. The monoisotopic (exact) mass is 236 g/mol. The van der Waals surface area contributed by atoms with Gasteiger partial charge < -0.3 is 20.1 Å². The molecular weight excluding hydrogens is 216 g/mol. The molecule has 1 heterocycles. The van der Waals surface area contributed by atoms with Crippen molar-refractivity contribution in [3.05, 3.63) is 24.3 Å². The molecule has 0 aromatic heterocycles. The van der Waals surface area contributed by atoms with Crippen molar-refractivity contribution in [3.8, 4) is 0 Å². The van der Waals surface area contributed by atoms with Gasteiger partial charge in [0.15, 0.2) is 0 Å². The molecule has 0 aliphatic carbocycles. The first-order chi connectivity index (χ1) is 8.24. The fraction of sp³-hybridized carbons (Fsp3) is 0.538. The van der Waals surface area contributed by atoms with E-state index in [1.165, 1.54) is 5.69 Å². The molecule has 1 fully saturated rings. The van der Waals surface area contributed by atoms with E-state index in [-0.39, 0.29) is 12.2 Å². The average Bonchev–Trinajstić information content (AvgIpc) is 2.74. The first kappa shape index (κ1) is 12.2. The van der Waals surface area contributed by atoms with Gasteiger partial charge in [-0.1, -0.05) is 0 Å². The van der Waals surface area contributed by atoms with Gasteiger partial charge in [-0.3, -0.25) is 0 Å². The van der Waals surface area contributed by atoms with Crippen LogP contribution < -0.4 is 10.6 Å². The number of hydrogen-bond acceptors (Lipinski definition) is 4. The molecule has 0 radical (unpaired) electrons. The number of nitrogen functional groups attached to an aromatic ring is 1. The molecule has 4 heteroatoms. The Morgan fingerprint density at radius 1 is 1.24 bits per heavy atom. The molecule has 0 bridgehead atoms. The van der Waals surface area contributed by atoms with Gasteiger partial charge in [-0.15, -0.1) is 0 Å². The van der Waals surface area contributed by atoms with Crippen molar-refractivity contribution < 1.29 is 9.47 Å². The van der Waals surface area contributed by atoms with E-state index in [4.69, 9.17) is 15.2 Å². The molecule has 4 nitrogen and oxygen atoms in total. The van der Waals surface area contributed by atoms with Crippen LogP contribution in [0.3, 0.4) is 0 Å². The topological polar surface area (TPSA) is 47.7 Å². The summed E-state index contributed by atoms with van der Waals surface area (Å²) in [5, 5.41) is 0. The van der Waals surface area contributed by atoms with Gasteiger partial charge in [0.05, 0.1) is 0 Å². The highest BCUT2D eigenvalue weighted by molar-refractivity contribution is 5.54. The maximum absolute atomic E-state index is 5.69. The predicted octanol–water partition coefficient (Wildman–Crippen LogP) is 1.51. The van der Waals surface area contributed by atoms with Gasteiger partial charge in [0.1, 0.15) is 12.2 Å². The summed E-state index contributed by atoms with van der Waals surface area (Å²) in [5.41, 5.74) is 7.65. The Morgan fingerprint density at radius 2 is 1.88 bits per heavy atom. The van der Waals surface area contributed by atoms with E-state index in [2.05, 4.69) is 4.90 Å². The van der Waals surface area contributed by atoms with E-state index in [0.717, 1.165) is 25.4 Å². The second kappa shape index (κ2) is 5.38. The van der Waals surface area contributed by atoms with Crippen LogP contribution in [0.15, 0.2) is 24.3 Å². The van der Waals surface area contributed by atoms with E-state index in [1.54, 1.807) is 7.11 Å². The van der Waals surface area contributed by atoms with Crippen molar-refractivity contribution in [1.29, 1.82) is 0 Å². The number of hydrogen-bond donors (Lipinski definition) is 1. The quantitative estimate of drug-likeness (QED) is 0.805. The van der Waals surface area contributed by atoms with Gasteiger partial charge in [-0.2, -0.15) is 0 Å². The molecule has 2 N–H and O–H groups in total. The minimum absolute atomic E-state index is 0.146. The average molecular weight is 236 g/mol. The standard InChI is InChI=1S/C13H20N2O2/c1-3-17-13-9-15(8-12(13)16-2)11-6-4-10(14)5-7-11/h4-7,12-13H,3,8-9,14H2,1-2H3/t12-,13-/m0/s1. The molecular formula is C13H20N2O2. The normalized spacial score (nSPS) is 24.2. The van der Waals surface area contributed by atoms with Crippen LogP contribution in [0.1, 0.15) is 6.92 Å². The summed E-state index contributed by atoms with van der Waals surface area (Å²) in [5.74, 6) is 0. The van der Waals surface area contributed by atoms with Crippen molar-refractivity contribution in [2.24, 2.45) is 0 Å². The third kappa shape index (κ3) is 2.70. The molecule has 2 rings (SSSR count). The predicted molar refractivity (Wildman–Crippen MR) is 69.3 cm³/mol. The fourth-order valence-corrected chi connectivity index (χ4v) is 2.24. The van der Waals surface area contributed by atoms with Crippen molar-refractivity contribution >= 4 is 11.4 Å². The first-order valence-corrected chi connectivity index (χ1v) is 5.99. The van der Waals surface area contributed by atoms with Crippen LogP contribution in [0.5, 0.6) is 0 Å². The van der Waals surface area contributed by atoms with E-state index in [9.17, 15) is 0 Å². The lowest BCUT2D eigenvalue weighted by atomic mass is 10.2. The van der Waals surface area contributed by atoms with Crippen LogP contribution in [0.4, 0.5) is 11.4 Å². The Kier molecular flexibility index (Phi) is 3.86. The third-order valence-electron chi connectivity index (χ3n) is 3.16. The number of rotatable bonds is 4. The molecule has 17 heavy (non-hydrogen) atoms. The summed E-state index contributed by atoms with van der Waals surface area (Å²) in [4.78, 5) is 2.27. The highest BCUT2D eigenvalue weighted by atomic mass is 16.5. The summed E-state index contributed by atoms with van der Waals surface area (Å²) in [6.07, 6.45) is 0.301. The zero-order valence-electron chi connectivity index (χ0n) is 10.4. The molecule has 1 aromatic rings. The van der Waals surface area contributed by atoms with Gasteiger partial charge in [0.25, 0.3) is 0 Å². The maximum atomic E-state index is 5.69. The summed E-state index contributed by atoms with van der Waals surface area (Å²) in [6.45, 7) is 4.47. The molecule has 2 atom stereocenters. The van der Waals surface area contributed by atoms with Crippen LogP contribution >= 0.6 is 0 Å². The minimum Gasteiger partial charge on any atom is -0.399 e. The van der Waals surface area contributed by atoms with Gasteiger partial charge in [-0.05, 0) is 31.2 Å². The lowest BCUT2D eigenvalue weighted by Crippen LogP contribution is -2.28. The Labute approximate surface area is 102 Å². The number of anilines is 2. The lowest BCUT2D eigenvalue weighted by Gasteiger charge is -2.18. The van der Waals surface area contributed by atoms with Crippen molar-refractivity contribution in [1.82, 2.24) is 0 Å². The Bertz CT molecular complexity index is 353. The Hall–Kier alpha value is -1.26. The van der Waals surface area contributed by atoms with E-state index in [0.29, 0.717) is 0 Å². The second-order valence-electron chi connectivity index (χ2n) is 4.26. The summed E-state index contributed by atoms with van der Waals surface area (Å²) in [7, 11) is 1.74. The molecule has 0 saturated carbocycles. The highest BCUT2D eigenvalue weighted by Crippen LogP contribution is 2.24. The second-order valence-corrected chi connectivity index (χ2v) is 4.26. The number of nitrogens with zero attached hydrogens (tertiary/aromatic N) is 1. The van der Waals surface area contributed by atoms with Crippen LogP contribution in [0.2, 0.25) is 0 Å². The highest BCUT2D eigenvalue weighted by Gasteiger charge is 2.33. The molecule has 1 aliphatic heterocycles. The SMILES string of the molecule is CCO[C@H]1CN(c2ccc(N)cc2)C[C@@H]1OC.